The number of piperidine rings is 1. The number of aromatic nitrogens is 4. The SMILES string of the molecule is O=C(OCC1c2ccccc2-c2ccccc21)N1C2CCC1CC(O)(c1cnc(-n3ccnc3)nc1)C2. The number of hydrogen-bond acceptors (Lipinski definition) is 6. The predicted octanol–water partition coefficient (Wildman–Crippen LogP) is 4.43. The fraction of sp³-hybridized carbons (Fsp3) is 0.310. The minimum Gasteiger partial charge on any atom is -0.448 e. The molecule has 2 aromatic heterocycles. The van der Waals surface area contributed by atoms with Crippen molar-refractivity contribution in [1.29, 1.82) is 0 Å². The molecule has 2 unspecified atom stereocenters. The standard InChI is InChI=1S/C29H27N5O3/c35-28(37-17-26-24-7-3-1-5-22(24)23-6-2-4-8-25(23)26)34-20-9-10-21(34)14-29(36,13-20)19-15-31-27(32-16-19)33-12-11-30-18-33/h1-8,11-12,15-16,18,20-21,26,36H,9-10,13-14,17H2. The van der Waals surface area contributed by atoms with Crippen molar-refractivity contribution < 1.29 is 14.6 Å². The number of amides is 1. The van der Waals surface area contributed by atoms with Gasteiger partial charge in [-0.05, 0) is 35.1 Å². The Labute approximate surface area is 214 Å². The van der Waals surface area contributed by atoms with Crippen LogP contribution in [0.25, 0.3) is 17.1 Å². The lowest BCUT2D eigenvalue weighted by atomic mass is 9.82. The number of rotatable bonds is 4. The minimum absolute atomic E-state index is 0.0295. The first-order valence-corrected chi connectivity index (χ1v) is 12.8. The van der Waals surface area contributed by atoms with Crippen molar-refractivity contribution in [2.45, 2.75) is 49.3 Å². The highest BCUT2D eigenvalue weighted by Crippen LogP contribution is 2.47. The van der Waals surface area contributed by atoms with Gasteiger partial charge >= 0.3 is 6.09 Å². The van der Waals surface area contributed by atoms with Crippen LogP contribution < -0.4 is 0 Å². The fourth-order valence-electron chi connectivity index (χ4n) is 6.50. The molecule has 2 atom stereocenters. The molecule has 3 aliphatic rings. The number of ether oxygens (including phenoxy) is 1. The van der Waals surface area contributed by atoms with Crippen LogP contribution >= 0.6 is 0 Å². The number of fused-ring (bicyclic) bond motifs is 5. The molecule has 1 amide bonds. The van der Waals surface area contributed by atoms with Gasteiger partial charge in [0.1, 0.15) is 12.9 Å². The van der Waals surface area contributed by atoms with Crippen LogP contribution in [-0.2, 0) is 10.3 Å². The normalized spacial score (nSPS) is 24.1. The summed E-state index contributed by atoms with van der Waals surface area (Å²) in [5.74, 6) is 0.533. The van der Waals surface area contributed by atoms with Crippen LogP contribution in [0, 0.1) is 0 Å². The maximum atomic E-state index is 13.4. The number of imidazole rings is 1. The lowest BCUT2D eigenvalue weighted by Gasteiger charge is -2.43. The molecule has 7 rings (SSSR count). The Balaban J connectivity index is 1.06. The zero-order chi connectivity index (χ0) is 25.0. The van der Waals surface area contributed by atoms with Gasteiger partial charge in [-0.2, -0.15) is 0 Å². The van der Waals surface area contributed by atoms with Gasteiger partial charge in [0.2, 0.25) is 5.95 Å². The zero-order valence-corrected chi connectivity index (χ0v) is 20.3. The number of carbonyl (C=O) groups excluding carboxylic acids is 1. The number of hydrogen-bond donors (Lipinski definition) is 1. The molecule has 2 saturated heterocycles. The molecule has 2 aliphatic heterocycles. The van der Waals surface area contributed by atoms with E-state index in [9.17, 15) is 9.90 Å². The van der Waals surface area contributed by atoms with Gasteiger partial charge in [0.05, 0.1) is 5.60 Å². The van der Waals surface area contributed by atoms with E-state index in [2.05, 4.69) is 39.2 Å². The molecule has 186 valence electrons. The Kier molecular flexibility index (Phi) is 5.11. The Morgan fingerprint density at radius 1 is 0.973 bits per heavy atom. The van der Waals surface area contributed by atoms with Gasteiger partial charge in [-0.3, -0.25) is 4.57 Å². The summed E-state index contributed by atoms with van der Waals surface area (Å²) in [6, 6.07) is 16.5. The van der Waals surface area contributed by atoms with Crippen molar-refractivity contribution >= 4 is 6.09 Å². The molecule has 2 aromatic carbocycles. The predicted molar refractivity (Wildman–Crippen MR) is 136 cm³/mol. The van der Waals surface area contributed by atoms with E-state index >= 15 is 0 Å². The van der Waals surface area contributed by atoms with E-state index in [-0.39, 0.29) is 24.1 Å². The Morgan fingerprint density at radius 2 is 1.59 bits per heavy atom. The topological polar surface area (TPSA) is 93.4 Å². The third-order valence-electron chi connectivity index (χ3n) is 8.22. The van der Waals surface area contributed by atoms with Gasteiger partial charge in [-0.1, -0.05) is 48.5 Å². The molecule has 0 spiro atoms. The summed E-state index contributed by atoms with van der Waals surface area (Å²) in [5.41, 5.74) is 4.44. The molecule has 37 heavy (non-hydrogen) atoms. The summed E-state index contributed by atoms with van der Waals surface area (Å²) in [5, 5.41) is 11.6. The van der Waals surface area contributed by atoms with Crippen molar-refractivity contribution in [3.05, 3.63) is 96.3 Å². The highest BCUT2D eigenvalue weighted by atomic mass is 16.6. The monoisotopic (exact) mass is 493 g/mol. The number of aliphatic hydroxyl groups is 1. The fourth-order valence-corrected chi connectivity index (χ4v) is 6.50. The second-order valence-electron chi connectivity index (χ2n) is 10.3. The Morgan fingerprint density at radius 3 is 2.19 bits per heavy atom. The first kappa shape index (κ1) is 22.2. The van der Waals surface area contributed by atoms with Crippen LogP contribution in [0.5, 0.6) is 0 Å². The molecule has 8 heteroatoms. The van der Waals surface area contributed by atoms with E-state index in [0.29, 0.717) is 31.0 Å². The maximum Gasteiger partial charge on any atom is 0.410 e. The van der Waals surface area contributed by atoms with Crippen LogP contribution in [0.15, 0.2) is 79.6 Å². The molecule has 2 fully saturated rings. The summed E-state index contributed by atoms with van der Waals surface area (Å²) < 4.78 is 7.68. The van der Waals surface area contributed by atoms with E-state index in [0.717, 1.165) is 12.8 Å². The van der Waals surface area contributed by atoms with E-state index < -0.39 is 5.60 Å². The van der Waals surface area contributed by atoms with Gasteiger partial charge in [0.15, 0.2) is 0 Å². The summed E-state index contributed by atoms with van der Waals surface area (Å²) in [4.78, 5) is 28.1. The van der Waals surface area contributed by atoms with Gasteiger partial charge in [-0.15, -0.1) is 0 Å². The quantitative estimate of drug-likeness (QED) is 0.452. The van der Waals surface area contributed by atoms with Gasteiger partial charge < -0.3 is 14.7 Å². The molecule has 0 radical (unpaired) electrons. The third-order valence-corrected chi connectivity index (χ3v) is 8.22. The molecule has 4 heterocycles. The van der Waals surface area contributed by atoms with Crippen molar-refractivity contribution in [3.63, 3.8) is 0 Å². The highest BCUT2D eigenvalue weighted by molar-refractivity contribution is 5.79. The molecule has 0 saturated carbocycles. The minimum atomic E-state index is -1.07. The second kappa shape index (κ2) is 8.52. The number of benzene rings is 2. The Bertz CT molecular complexity index is 1390. The van der Waals surface area contributed by atoms with Crippen LogP contribution in [0.4, 0.5) is 4.79 Å². The maximum absolute atomic E-state index is 13.4. The van der Waals surface area contributed by atoms with Crippen LogP contribution in [0.2, 0.25) is 0 Å². The zero-order valence-electron chi connectivity index (χ0n) is 20.3. The summed E-state index contributed by atoms with van der Waals surface area (Å²) in [6.45, 7) is 0.302. The van der Waals surface area contributed by atoms with Crippen LogP contribution in [0.3, 0.4) is 0 Å². The molecule has 8 nitrogen and oxygen atoms in total. The van der Waals surface area contributed by atoms with Crippen molar-refractivity contribution in [2.75, 3.05) is 6.61 Å². The largest absolute Gasteiger partial charge is 0.448 e. The van der Waals surface area contributed by atoms with Crippen LogP contribution in [-0.4, -0.2) is 54.3 Å². The molecular formula is C29H27N5O3. The number of carbonyl (C=O) groups is 1. The molecule has 1 N–H and O–H groups in total. The van der Waals surface area contributed by atoms with Crippen LogP contribution in [0.1, 0.15) is 48.3 Å². The lowest BCUT2D eigenvalue weighted by Crippen LogP contribution is -2.52. The van der Waals surface area contributed by atoms with Crippen molar-refractivity contribution in [3.8, 4) is 17.1 Å². The molecule has 4 aromatic rings. The molecule has 2 bridgehead atoms. The molecule has 1 aliphatic carbocycles. The van der Waals surface area contributed by atoms with Crippen molar-refractivity contribution in [2.24, 2.45) is 0 Å². The lowest BCUT2D eigenvalue weighted by molar-refractivity contribution is -0.0535. The van der Waals surface area contributed by atoms with E-state index in [1.807, 2.05) is 29.2 Å². The Hall–Kier alpha value is -4.04. The summed E-state index contributed by atoms with van der Waals surface area (Å²) in [7, 11) is 0. The third kappa shape index (κ3) is 3.62. The van der Waals surface area contributed by atoms with E-state index in [1.54, 1.807) is 35.7 Å². The van der Waals surface area contributed by atoms with Crippen molar-refractivity contribution in [1.82, 2.24) is 24.4 Å². The van der Waals surface area contributed by atoms with Gasteiger partial charge in [-0.25, -0.2) is 19.7 Å². The average Bonchev–Trinajstić information content (AvgIpc) is 3.64. The average molecular weight is 494 g/mol. The first-order chi connectivity index (χ1) is 18.1. The highest BCUT2D eigenvalue weighted by Gasteiger charge is 2.51. The smallest absolute Gasteiger partial charge is 0.410 e. The van der Waals surface area contributed by atoms with E-state index in [4.69, 9.17) is 4.74 Å². The molecular weight excluding hydrogens is 466 g/mol. The first-order valence-electron chi connectivity index (χ1n) is 12.8. The van der Waals surface area contributed by atoms with E-state index in [1.165, 1.54) is 22.3 Å². The van der Waals surface area contributed by atoms with Gasteiger partial charge in [0, 0.05) is 61.2 Å². The van der Waals surface area contributed by atoms with Gasteiger partial charge in [0.25, 0.3) is 0 Å². The summed E-state index contributed by atoms with van der Waals surface area (Å²) >= 11 is 0. The number of nitrogens with zero attached hydrogens (tertiary/aromatic N) is 5. The summed E-state index contributed by atoms with van der Waals surface area (Å²) in [6.07, 6.45) is 10.8. The second-order valence-corrected chi connectivity index (χ2v) is 10.3.